The molecular weight excluding hydrogens is 314 g/mol. The smallest absolute Gasteiger partial charge is 0.225 e. The molecule has 0 saturated carbocycles. The third kappa shape index (κ3) is 4.10. The molecule has 132 valence electrons. The SMILES string of the molecule is CCC[C@H](C)N1C[C@H](C(=O)N[C@H](C)c2ccc(F)c(F)c2)CC1=O. The van der Waals surface area contributed by atoms with E-state index in [1.807, 2.05) is 6.92 Å². The molecule has 2 rings (SSSR count). The Morgan fingerprint density at radius 3 is 2.67 bits per heavy atom. The Morgan fingerprint density at radius 1 is 1.33 bits per heavy atom. The average molecular weight is 338 g/mol. The van der Waals surface area contributed by atoms with Crippen molar-refractivity contribution in [1.82, 2.24) is 10.2 Å². The van der Waals surface area contributed by atoms with Gasteiger partial charge in [0.15, 0.2) is 11.6 Å². The Balaban J connectivity index is 1.97. The number of hydrogen-bond acceptors (Lipinski definition) is 2. The highest BCUT2D eigenvalue weighted by Gasteiger charge is 2.36. The second kappa shape index (κ2) is 7.73. The highest BCUT2D eigenvalue weighted by molar-refractivity contribution is 5.89. The molecule has 1 aliphatic rings. The zero-order valence-electron chi connectivity index (χ0n) is 14.3. The molecule has 24 heavy (non-hydrogen) atoms. The molecule has 3 atom stereocenters. The number of nitrogens with zero attached hydrogens (tertiary/aromatic N) is 1. The van der Waals surface area contributed by atoms with E-state index in [4.69, 9.17) is 0 Å². The Labute approximate surface area is 141 Å². The van der Waals surface area contributed by atoms with Gasteiger partial charge in [-0.1, -0.05) is 19.4 Å². The number of halogens is 2. The predicted octanol–water partition coefficient (Wildman–Crippen LogP) is 3.18. The quantitative estimate of drug-likeness (QED) is 0.866. The van der Waals surface area contributed by atoms with Crippen molar-refractivity contribution in [2.75, 3.05) is 6.54 Å². The molecule has 0 unspecified atom stereocenters. The van der Waals surface area contributed by atoms with Crippen LogP contribution < -0.4 is 5.32 Å². The molecule has 1 saturated heterocycles. The first-order valence-corrected chi connectivity index (χ1v) is 8.38. The number of amides is 2. The van der Waals surface area contributed by atoms with E-state index >= 15 is 0 Å². The molecule has 1 aromatic carbocycles. The third-order valence-corrected chi connectivity index (χ3v) is 4.57. The molecule has 1 aromatic rings. The van der Waals surface area contributed by atoms with Crippen molar-refractivity contribution >= 4 is 11.8 Å². The van der Waals surface area contributed by atoms with Crippen LogP contribution in [-0.4, -0.2) is 29.3 Å². The fourth-order valence-corrected chi connectivity index (χ4v) is 3.10. The molecule has 0 radical (unpaired) electrons. The fourth-order valence-electron chi connectivity index (χ4n) is 3.10. The summed E-state index contributed by atoms with van der Waals surface area (Å²) in [6, 6.07) is 3.24. The van der Waals surface area contributed by atoms with Gasteiger partial charge >= 0.3 is 0 Å². The first-order valence-electron chi connectivity index (χ1n) is 8.38. The Bertz CT molecular complexity index is 621. The number of rotatable bonds is 6. The van der Waals surface area contributed by atoms with E-state index < -0.39 is 23.6 Å². The van der Waals surface area contributed by atoms with Crippen molar-refractivity contribution in [1.29, 1.82) is 0 Å². The van der Waals surface area contributed by atoms with Crippen LogP contribution in [-0.2, 0) is 9.59 Å². The van der Waals surface area contributed by atoms with Gasteiger partial charge in [0.2, 0.25) is 11.8 Å². The summed E-state index contributed by atoms with van der Waals surface area (Å²) in [5.74, 6) is -2.49. The summed E-state index contributed by atoms with van der Waals surface area (Å²) in [7, 11) is 0. The molecule has 0 aromatic heterocycles. The largest absolute Gasteiger partial charge is 0.349 e. The van der Waals surface area contributed by atoms with Gasteiger partial charge in [0, 0.05) is 19.0 Å². The summed E-state index contributed by atoms with van der Waals surface area (Å²) in [6.07, 6.45) is 2.09. The van der Waals surface area contributed by atoms with Crippen LogP contribution in [0.15, 0.2) is 18.2 Å². The van der Waals surface area contributed by atoms with Crippen LogP contribution >= 0.6 is 0 Å². The van der Waals surface area contributed by atoms with Crippen molar-refractivity contribution in [3.63, 3.8) is 0 Å². The third-order valence-electron chi connectivity index (χ3n) is 4.57. The molecule has 4 nitrogen and oxygen atoms in total. The van der Waals surface area contributed by atoms with Gasteiger partial charge in [-0.05, 0) is 38.0 Å². The van der Waals surface area contributed by atoms with Gasteiger partial charge in [0.25, 0.3) is 0 Å². The number of nitrogens with one attached hydrogen (secondary N) is 1. The monoisotopic (exact) mass is 338 g/mol. The van der Waals surface area contributed by atoms with Crippen molar-refractivity contribution in [2.45, 2.75) is 52.1 Å². The second-order valence-electron chi connectivity index (χ2n) is 6.49. The normalized spacial score (nSPS) is 20.1. The number of hydrogen-bond donors (Lipinski definition) is 1. The molecule has 1 N–H and O–H groups in total. The van der Waals surface area contributed by atoms with Gasteiger partial charge in [-0.25, -0.2) is 8.78 Å². The molecule has 2 amide bonds. The van der Waals surface area contributed by atoms with Crippen LogP contribution in [0.5, 0.6) is 0 Å². The maximum absolute atomic E-state index is 13.3. The maximum atomic E-state index is 13.3. The van der Waals surface area contributed by atoms with Crippen LogP contribution in [0.4, 0.5) is 8.78 Å². The van der Waals surface area contributed by atoms with Crippen molar-refractivity contribution < 1.29 is 18.4 Å². The Kier molecular flexibility index (Phi) is 5.91. The average Bonchev–Trinajstić information content (AvgIpc) is 2.92. The zero-order valence-corrected chi connectivity index (χ0v) is 14.3. The standard InChI is InChI=1S/C18H24F2N2O2/c1-4-5-11(2)22-10-14(9-17(22)23)18(24)21-12(3)13-6-7-15(19)16(20)8-13/h6-8,11-12,14H,4-5,9-10H2,1-3H3,(H,21,24)/t11-,12+,14+/m0/s1. The van der Waals surface area contributed by atoms with Crippen molar-refractivity contribution in [3.8, 4) is 0 Å². The summed E-state index contributed by atoms with van der Waals surface area (Å²) in [6.45, 7) is 6.17. The van der Waals surface area contributed by atoms with Gasteiger partial charge in [0.05, 0.1) is 12.0 Å². The molecule has 0 spiro atoms. The number of carbonyl (C=O) groups is 2. The van der Waals surface area contributed by atoms with Crippen molar-refractivity contribution in [2.24, 2.45) is 5.92 Å². The summed E-state index contributed by atoms with van der Waals surface area (Å²) in [4.78, 5) is 26.3. The lowest BCUT2D eigenvalue weighted by Gasteiger charge is -2.24. The lowest BCUT2D eigenvalue weighted by molar-refractivity contribution is -0.130. The highest BCUT2D eigenvalue weighted by atomic mass is 19.2. The minimum absolute atomic E-state index is 0.00317. The summed E-state index contributed by atoms with van der Waals surface area (Å²) in [5.41, 5.74) is 0.489. The van der Waals surface area contributed by atoms with Crippen molar-refractivity contribution in [3.05, 3.63) is 35.4 Å². The minimum atomic E-state index is -0.941. The van der Waals surface area contributed by atoms with Gasteiger partial charge in [-0.15, -0.1) is 0 Å². The zero-order chi connectivity index (χ0) is 17.9. The molecule has 6 heteroatoms. The van der Waals surface area contributed by atoms with Crippen LogP contribution in [0, 0.1) is 17.6 Å². The van der Waals surface area contributed by atoms with Crippen LogP contribution in [0.25, 0.3) is 0 Å². The molecule has 1 fully saturated rings. The van der Waals surface area contributed by atoms with E-state index in [0.29, 0.717) is 12.1 Å². The van der Waals surface area contributed by atoms with E-state index in [1.54, 1.807) is 11.8 Å². The second-order valence-corrected chi connectivity index (χ2v) is 6.49. The number of carbonyl (C=O) groups excluding carboxylic acids is 2. The van der Waals surface area contributed by atoms with Crippen LogP contribution in [0.3, 0.4) is 0 Å². The summed E-state index contributed by atoms with van der Waals surface area (Å²) < 4.78 is 26.3. The number of benzene rings is 1. The topological polar surface area (TPSA) is 49.4 Å². The molecule has 0 bridgehead atoms. The Morgan fingerprint density at radius 2 is 2.04 bits per heavy atom. The van der Waals surface area contributed by atoms with E-state index in [2.05, 4.69) is 12.2 Å². The first kappa shape index (κ1) is 18.4. The van der Waals surface area contributed by atoms with E-state index in [0.717, 1.165) is 25.0 Å². The lowest BCUT2D eigenvalue weighted by atomic mass is 10.0. The lowest BCUT2D eigenvalue weighted by Crippen LogP contribution is -2.37. The molecule has 1 aliphatic heterocycles. The Hall–Kier alpha value is -1.98. The van der Waals surface area contributed by atoms with E-state index in [1.165, 1.54) is 6.07 Å². The minimum Gasteiger partial charge on any atom is -0.349 e. The molecule has 1 heterocycles. The molecule has 0 aliphatic carbocycles. The van der Waals surface area contributed by atoms with Gasteiger partial charge in [-0.3, -0.25) is 9.59 Å². The highest BCUT2D eigenvalue weighted by Crippen LogP contribution is 2.23. The van der Waals surface area contributed by atoms with Crippen LogP contribution in [0.1, 0.15) is 51.6 Å². The van der Waals surface area contributed by atoms with E-state index in [-0.39, 0.29) is 24.3 Å². The predicted molar refractivity (Wildman–Crippen MR) is 87.1 cm³/mol. The fraction of sp³-hybridized carbons (Fsp3) is 0.556. The maximum Gasteiger partial charge on any atom is 0.225 e. The van der Waals surface area contributed by atoms with Gasteiger partial charge < -0.3 is 10.2 Å². The van der Waals surface area contributed by atoms with Crippen LogP contribution in [0.2, 0.25) is 0 Å². The number of likely N-dealkylation sites (tertiary alicyclic amines) is 1. The van der Waals surface area contributed by atoms with Gasteiger partial charge in [0.1, 0.15) is 0 Å². The summed E-state index contributed by atoms with van der Waals surface area (Å²) in [5, 5.41) is 2.79. The van der Waals surface area contributed by atoms with E-state index in [9.17, 15) is 18.4 Å². The van der Waals surface area contributed by atoms with Gasteiger partial charge in [-0.2, -0.15) is 0 Å². The molecular formula is C18H24F2N2O2. The summed E-state index contributed by atoms with van der Waals surface area (Å²) >= 11 is 0. The first-order chi connectivity index (χ1) is 11.3.